The van der Waals surface area contributed by atoms with Crippen LogP contribution in [-0.4, -0.2) is 35.9 Å². The van der Waals surface area contributed by atoms with Crippen LogP contribution in [0.2, 0.25) is 5.02 Å². The standard InChI is InChI=1S/C22H18ClFN6O2/c1-12-18(11-26-29-12)28-21-25-6-4-17(27-21)13-5-7-30(20(32)8-13)22(10-19(22)31)14-2-3-15(23)16(24)9-14/h2-9,11,19,31H,10H2,1H3,(H,26,29)(H,25,27,28). The Morgan fingerprint density at radius 2 is 2.12 bits per heavy atom. The summed E-state index contributed by atoms with van der Waals surface area (Å²) in [5.74, 6) is -0.233. The number of halogens is 2. The van der Waals surface area contributed by atoms with E-state index in [1.807, 2.05) is 6.92 Å². The molecule has 1 aromatic carbocycles. The quantitative estimate of drug-likeness (QED) is 0.428. The predicted octanol–water partition coefficient (Wildman–Crippen LogP) is 3.38. The molecule has 8 nitrogen and oxygen atoms in total. The van der Waals surface area contributed by atoms with Gasteiger partial charge in [-0.3, -0.25) is 9.89 Å². The summed E-state index contributed by atoms with van der Waals surface area (Å²) in [4.78, 5) is 21.7. The topological polar surface area (TPSA) is 109 Å². The number of aliphatic hydroxyl groups excluding tert-OH is 1. The predicted molar refractivity (Wildman–Crippen MR) is 117 cm³/mol. The minimum atomic E-state index is -1.02. The molecule has 3 N–H and O–H groups in total. The van der Waals surface area contributed by atoms with Gasteiger partial charge in [-0.25, -0.2) is 14.4 Å². The molecule has 0 aliphatic heterocycles. The number of hydrogen-bond donors (Lipinski definition) is 3. The van der Waals surface area contributed by atoms with E-state index in [0.717, 1.165) is 11.4 Å². The number of nitrogens with zero attached hydrogens (tertiary/aromatic N) is 4. The van der Waals surface area contributed by atoms with Crippen molar-refractivity contribution in [3.8, 4) is 11.3 Å². The fraction of sp³-hybridized carbons (Fsp3) is 0.182. The molecule has 162 valence electrons. The highest BCUT2D eigenvalue weighted by molar-refractivity contribution is 6.30. The second-order valence-corrected chi connectivity index (χ2v) is 8.10. The minimum Gasteiger partial charge on any atom is -0.390 e. The Bertz CT molecular complexity index is 1390. The molecule has 0 saturated heterocycles. The maximum atomic E-state index is 14.0. The Hall–Kier alpha value is -3.56. The van der Waals surface area contributed by atoms with Crippen molar-refractivity contribution < 1.29 is 9.50 Å². The highest BCUT2D eigenvalue weighted by Crippen LogP contribution is 2.49. The molecular weight excluding hydrogens is 435 g/mol. The summed E-state index contributed by atoms with van der Waals surface area (Å²) in [5.41, 5.74) is 1.87. The molecule has 3 aromatic heterocycles. The van der Waals surface area contributed by atoms with Crippen LogP contribution in [0.4, 0.5) is 16.0 Å². The average molecular weight is 453 g/mol. The molecule has 32 heavy (non-hydrogen) atoms. The second-order valence-electron chi connectivity index (χ2n) is 7.70. The van der Waals surface area contributed by atoms with Crippen LogP contribution in [0.3, 0.4) is 0 Å². The van der Waals surface area contributed by atoms with Crippen LogP contribution in [0, 0.1) is 12.7 Å². The first-order valence-corrected chi connectivity index (χ1v) is 10.2. The molecule has 0 spiro atoms. The lowest BCUT2D eigenvalue weighted by molar-refractivity contribution is 0.234. The van der Waals surface area contributed by atoms with Crippen LogP contribution in [0.1, 0.15) is 17.7 Å². The van der Waals surface area contributed by atoms with Gasteiger partial charge in [0.05, 0.1) is 34.4 Å². The van der Waals surface area contributed by atoms with Crippen LogP contribution in [0.25, 0.3) is 11.3 Å². The molecule has 3 heterocycles. The minimum absolute atomic E-state index is 0.0134. The Morgan fingerprint density at radius 1 is 1.31 bits per heavy atom. The van der Waals surface area contributed by atoms with E-state index in [-0.39, 0.29) is 10.6 Å². The van der Waals surface area contributed by atoms with E-state index in [0.29, 0.717) is 29.2 Å². The number of aromatic amines is 1. The lowest BCUT2D eigenvalue weighted by Crippen LogP contribution is -2.33. The number of aryl methyl sites for hydroxylation is 1. The fourth-order valence-electron chi connectivity index (χ4n) is 3.85. The van der Waals surface area contributed by atoms with E-state index in [1.54, 1.807) is 36.8 Å². The van der Waals surface area contributed by atoms with E-state index < -0.39 is 17.5 Å². The number of anilines is 2. The number of nitrogens with one attached hydrogen (secondary N) is 2. The first-order valence-electron chi connectivity index (χ1n) is 9.86. The van der Waals surface area contributed by atoms with Crippen LogP contribution >= 0.6 is 11.6 Å². The van der Waals surface area contributed by atoms with Gasteiger partial charge in [0.15, 0.2) is 0 Å². The number of benzene rings is 1. The van der Waals surface area contributed by atoms with E-state index in [9.17, 15) is 14.3 Å². The normalized spacial score (nSPS) is 19.7. The lowest BCUT2D eigenvalue weighted by atomic mass is 10.0. The summed E-state index contributed by atoms with van der Waals surface area (Å²) in [6.07, 6.45) is 4.31. The third-order valence-corrected chi connectivity index (χ3v) is 6.00. The molecule has 1 fully saturated rings. The SMILES string of the molecule is Cc1[nH]ncc1Nc1nccc(-c2ccn(C3(c4ccc(Cl)c(F)c4)CC3O)c(=O)c2)n1. The largest absolute Gasteiger partial charge is 0.390 e. The van der Waals surface area contributed by atoms with Crippen molar-refractivity contribution in [2.24, 2.45) is 0 Å². The molecule has 1 saturated carbocycles. The van der Waals surface area contributed by atoms with Crippen molar-refractivity contribution in [1.29, 1.82) is 0 Å². The van der Waals surface area contributed by atoms with Crippen molar-refractivity contribution in [3.05, 3.63) is 87.4 Å². The van der Waals surface area contributed by atoms with Gasteiger partial charge >= 0.3 is 0 Å². The number of hydrogen-bond acceptors (Lipinski definition) is 6. The molecule has 10 heteroatoms. The van der Waals surface area contributed by atoms with Gasteiger partial charge in [-0.15, -0.1) is 0 Å². The third kappa shape index (κ3) is 3.35. The lowest BCUT2D eigenvalue weighted by Gasteiger charge is -2.20. The van der Waals surface area contributed by atoms with Gasteiger partial charge in [0, 0.05) is 30.4 Å². The summed E-state index contributed by atoms with van der Waals surface area (Å²) < 4.78 is 15.5. The summed E-state index contributed by atoms with van der Waals surface area (Å²) in [6, 6.07) is 9.18. The van der Waals surface area contributed by atoms with Gasteiger partial charge < -0.3 is 15.0 Å². The Labute approximate surface area is 186 Å². The van der Waals surface area contributed by atoms with Gasteiger partial charge in [-0.05, 0) is 36.8 Å². The van der Waals surface area contributed by atoms with E-state index >= 15 is 0 Å². The maximum absolute atomic E-state index is 14.0. The first-order chi connectivity index (χ1) is 15.4. The second kappa shape index (κ2) is 7.54. The zero-order valence-electron chi connectivity index (χ0n) is 16.9. The zero-order chi connectivity index (χ0) is 22.5. The maximum Gasteiger partial charge on any atom is 0.252 e. The van der Waals surface area contributed by atoms with Crippen LogP contribution in [0.15, 0.2) is 59.8 Å². The number of pyridine rings is 1. The Kier molecular flexibility index (Phi) is 4.79. The van der Waals surface area contributed by atoms with E-state index in [1.165, 1.54) is 22.8 Å². The van der Waals surface area contributed by atoms with Crippen LogP contribution in [0.5, 0.6) is 0 Å². The van der Waals surface area contributed by atoms with Gasteiger partial charge in [0.1, 0.15) is 11.4 Å². The van der Waals surface area contributed by atoms with Crippen LogP contribution < -0.4 is 10.9 Å². The molecule has 5 rings (SSSR count). The third-order valence-electron chi connectivity index (χ3n) is 5.69. The average Bonchev–Trinajstić information content (AvgIpc) is 3.30. The smallest absolute Gasteiger partial charge is 0.252 e. The number of aliphatic hydroxyl groups is 1. The van der Waals surface area contributed by atoms with E-state index in [2.05, 4.69) is 25.5 Å². The van der Waals surface area contributed by atoms with Crippen molar-refractivity contribution in [3.63, 3.8) is 0 Å². The van der Waals surface area contributed by atoms with Crippen molar-refractivity contribution >= 4 is 23.2 Å². The summed E-state index contributed by atoms with van der Waals surface area (Å²) in [7, 11) is 0. The van der Waals surface area contributed by atoms with Gasteiger partial charge in [0.25, 0.3) is 5.56 Å². The van der Waals surface area contributed by atoms with Gasteiger partial charge in [0.2, 0.25) is 5.95 Å². The molecule has 0 bridgehead atoms. The van der Waals surface area contributed by atoms with Gasteiger partial charge in [-0.1, -0.05) is 17.7 Å². The molecule has 0 amide bonds. The van der Waals surface area contributed by atoms with Gasteiger partial charge in [-0.2, -0.15) is 5.10 Å². The van der Waals surface area contributed by atoms with Crippen LogP contribution in [-0.2, 0) is 5.54 Å². The van der Waals surface area contributed by atoms with Crippen molar-refractivity contribution in [2.45, 2.75) is 25.0 Å². The number of rotatable bonds is 5. The highest BCUT2D eigenvalue weighted by Gasteiger charge is 2.57. The van der Waals surface area contributed by atoms with E-state index in [4.69, 9.17) is 11.6 Å². The molecule has 0 radical (unpaired) electrons. The molecular formula is C22H18ClFN6O2. The highest BCUT2D eigenvalue weighted by atomic mass is 35.5. The zero-order valence-corrected chi connectivity index (χ0v) is 17.6. The monoisotopic (exact) mass is 452 g/mol. The first kappa shape index (κ1) is 20.3. The summed E-state index contributed by atoms with van der Waals surface area (Å²) >= 11 is 5.79. The number of aromatic nitrogens is 5. The molecule has 1 aliphatic rings. The summed E-state index contributed by atoms with van der Waals surface area (Å²) in [6.45, 7) is 1.87. The molecule has 2 unspecified atom stereocenters. The Morgan fingerprint density at radius 3 is 2.78 bits per heavy atom. The molecule has 1 aliphatic carbocycles. The van der Waals surface area contributed by atoms with Crippen molar-refractivity contribution in [1.82, 2.24) is 24.7 Å². The summed E-state index contributed by atoms with van der Waals surface area (Å²) in [5, 5.41) is 20.2. The van der Waals surface area contributed by atoms with Crippen molar-refractivity contribution in [2.75, 3.05) is 5.32 Å². The fourth-order valence-corrected chi connectivity index (χ4v) is 3.97. The Balaban J connectivity index is 1.49. The number of H-pyrrole nitrogens is 1. The molecule has 4 aromatic rings. The molecule has 2 atom stereocenters.